The van der Waals surface area contributed by atoms with Crippen molar-refractivity contribution in [2.75, 3.05) is 25.0 Å². The van der Waals surface area contributed by atoms with E-state index in [-0.39, 0.29) is 5.91 Å². The molecule has 7 nitrogen and oxygen atoms in total. The van der Waals surface area contributed by atoms with Gasteiger partial charge >= 0.3 is 0 Å². The third-order valence-corrected chi connectivity index (χ3v) is 5.28. The number of nitrogens with one attached hydrogen (secondary N) is 2. The van der Waals surface area contributed by atoms with E-state index in [9.17, 15) is 4.79 Å². The minimum Gasteiger partial charge on any atom is -0.342 e. The summed E-state index contributed by atoms with van der Waals surface area (Å²) in [5.74, 6) is 1.37. The van der Waals surface area contributed by atoms with E-state index < -0.39 is 0 Å². The second kappa shape index (κ2) is 7.15. The molecule has 0 saturated carbocycles. The summed E-state index contributed by atoms with van der Waals surface area (Å²) >= 11 is 0. The number of aromatic nitrogens is 4. The number of rotatable bonds is 4. The monoisotopic (exact) mass is 366 g/mol. The summed E-state index contributed by atoms with van der Waals surface area (Å²) in [5, 5.41) is 7.24. The largest absolute Gasteiger partial charge is 0.342 e. The van der Waals surface area contributed by atoms with E-state index in [4.69, 9.17) is 4.98 Å². The van der Waals surface area contributed by atoms with E-state index in [1.807, 2.05) is 20.2 Å². The molecule has 1 unspecified atom stereocenters. The standard InChI is InChI=1S/C20H26N6O/c1-13-6-4-8-16-19(13)23-20(22-16)15-7-5-9-26(10-15)12-18(27)21-17-11-25(3)24-14(17)2/h4,6,8,11,15H,5,7,9-10,12H2,1-3H3,(H,21,27)(H,22,23). The fourth-order valence-electron chi connectivity index (χ4n) is 3.93. The van der Waals surface area contributed by atoms with Gasteiger partial charge in [-0.3, -0.25) is 14.4 Å². The Labute approximate surface area is 158 Å². The van der Waals surface area contributed by atoms with Gasteiger partial charge in [-0.05, 0) is 44.9 Å². The summed E-state index contributed by atoms with van der Waals surface area (Å²) < 4.78 is 1.71. The molecular weight excluding hydrogens is 340 g/mol. The van der Waals surface area contributed by atoms with Crippen LogP contribution >= 0.6 is 0 Å². The number of anilines is 1. The van der Waals surface area contributed by atoms with Crippen LogP contribution < -0.4 is 5.32 Å². The van der Waals surface area contributed by atoms with Crippen LogP contribution in [0.25, 0.3) is 11.0 Å². The van der Waals surface area contributed by atoms with Crippen molar-refractivity contribution in [1.29, 1.82) is 0 Å². The normalized spacial score (nSPS) is 18.1. The maximum atomic E-state index is 12.5. The Morgan fingerprint density at radius 2 is 2.22 bits per heavy atom. The number of amides is 1. The first-order chi connectivity index (χ1) is 13.0. The topological polar surface area (TPSA) is 78.8 Å². The van der Waals surface area contributed by atoms with E-state index in [0.29, 0.717) is 12.5 Å². The zero-order valence-corrected chi connectivity index (χ0v) is 16.1. The number of benzene rings is 1. The molecule has 1 amide bonds. The predicted octanol–water partition coefficient (Wildman–Crippen LogP) is 2.73. The quantitative estimate of drug-likeness (QED) is 0.744. The molecule has 142 valence electrons. The first kappa shape index (κ1) is 17.7. The maximum absolute atomic E-state index is 12.5. The van der Waals surface area contributed by atoms with Crippen LogP contribution in [0.4, 0.5) is 5.69 Å². The highest BCUT2D eigenvalue weighted by Crippen LogP contribution is 2.27. The third kappa shape index (κ3) is 3.73. The Kier molecular flexibility index (Phi) is 4.70. The summed E-state index contributed by atoms with van der Waals surface area (Å²) in [4.78, 5) is 23.0. The zero-order valence-electron chi connectivity index (χ0n) is 16.1. The molecule has 3 heterocycles. The van der Waals surface area contributed by atoms with Crippen LogP contribution in [0, 0.1) is 13.8 Å². The number of imidazole rings is 1. The maximum Gasteiger partial charge on any atom is 0.238 e. The summed E-state index contributed by atoms with van der Waals surface area (Å²) in [6, 6.07) is 6.21. The van der Waals surface area contributed by atoms with E-state index in [0.717, 1.165) is 54.2 Å². The number of hydrogen-bond donors (Lipinski definition) is 2. The Hall–Kier alpha value is -2.67. The molecule has 1 aliphatic rings. The second-order valence-corrected chi connectivity index (χ2v) is 7.52. The molecule has 1 aromatic carbocycles. The molecule has 2 aromatic heterocycles. The molecule has 0 bridgehead atoms. The van der Waals surface area contributed by atoms with Crippen molar-refractivity contribution >= 4 is 22.6 Å². The fraction of sp³-hybridized carbons (Fsp3) is 0.450. The van der Waals surface area contributed by atoms with Crippen molar-refractivity contribution in [1.82, 2.24) is 24.6 Å². The summed E-state index contributed by atoms with van der Waals surface area (Å²) in [6.45, 7) is 6.17. The molecule has 4 rings (SSSR count). The summed E-state index contributed by atoms with van der Waals surface area (Å²) in [7, 11) is 1.85. The average Bonchev–Trinajstić information content (AvgIpc) is 3.19. The number of likely N-dealkylation sites (tertiary alicyclic amines) is 1. The first-order valence-corrected chi connectivity index (χ1v) is 9.47. The van der Waals surface area contributed by atoms with Crippen molar-refractivity contribution in [2.24, 2.45) is 7.05 Å². The lowest BCUT2D eigenvalue weighted by molar-refractivity contribution is -0.117. The van der Waals surface area contributed by atoms with Gasteiger partial charge in [0.1, 0.15) is 5.82 Å². The molecule has 0 spiro atoms. The number of para-hydroxylation sites is 1. The number of hydrogen-bond acceptors (Lipinski definition) is 4. The fourth-order valence-corrected chi connectivity index (χ4v) is 3.93. The lowest BCUT2D eigenvalue weighted by atomic mass is 9.97. The van der Waals surface area contributed by atoms with Crippen molar-refractivity contribution in [3.63, 3.8) is 0 Å². The molecule has 1 aliphatic heterocycles. The van der Waals surface area contributed by atoms with Crippen molar-refractivity contribution in [3.8, 4) is 0 Å². The van der Waals surface area contributed by atoms with Gasteiger partial charge in [-0.25, -0.2) is 4.98 Å². The van der Waals surface area contributed by atoms with Crippen LogP contribution in [0.1, 0.15) is 35.8 Å². The summed E-state index contributed by atoms with van der Waals surface area (Å²) in [5.41, 5.74) is 4.94. The molecule has 3 aromatic rings. The van der Waals surface area contributed by atoms with Crippen molar-refractivity contribution < 1.29 is 4.79 Å². The number of H-pyrrole nitrogens is 1. The lowest BCUT2D eigenvalue weighted by Crippen LogP contribution is -2.40. The van der Waals surface area contributed by atoms with Crippen LogP contribution in [0.15, 0.2) is 24.4 Å². The average molecular weight is 366 g/mol. The van der Waals surface area contributed by atoms with E-state index in [1.165, 1.54) is 5.56 Å². The SMILES string of the molecule is Cc1nn(C)cc1NC(=O)CN1CCCC(c2nc3c(C)cccc3[nH]2)C1. The van der Waals surface area contributed by atoms with Gasteiger partial charge in [-0.1, -0.05) is 12.1 Å². The molecule has 27 heavy (non-hydrogen) atoms. The van der Waals surface area contributed by atoms with Crippen LogP contribution in [-0.4, -0.2) is 50.2 Å². The number of carbonyl (C=O) groups is 1. The highest BCUT2D eigenvalue weighted by molar-refractivity contribution is 5.92. The highest BCUT2D eigenvalue weighted by atomic mass is 16.2. The van der Waals surface area contributed by atoms with Gasteiger partial charge in [0, 0.05) is 25.7 Å². The van der Waals surface area contributed by atoms with Crippen LogP contribution in [0.3, 0.4) is 0 Å². The molecule has 7 heteroatoms. The molecule has 0 radical (unpaired) electrons. The third-order valence-electron chi connectivity index (χ3n) is 5.28. The number of carbonyl (C=O) groups excluding carboxylic acids is 1. The number of aromatic amines is 1. The molecule has 0 aliphatic carbocycles. The molecule has 1 atom stereocenters. The number of piperidine rings is 1. The predicted molar refractivity (Wildman–Crippen MR) is 106 cm³/mol. The Morgan fingerprint density at radius 1 is 1.37 bits per heavy atom. The second-order valence-electron chi connectivity index (χ2n) is 7.52. The first-order valence-electron chi connectivity index (χ1n) is 9.47. The smallest absolute Gasteiger partial charge is 0.238 e. The van der Waals surface area contributed by atoms with Gasteiger partial charge in [0.15, 0.2) is 0 Å². The van der Waals surface area contributed by atoms with E-state index in [2.05, 4.69) is 45.4 Å². The van der Waals surface area contributed by atoms with Crippen molar-refractivity contribution in [2.45, 2.75) is 32.6 Å². The molecular formula is C20H26N6O. The molecule has 1 fully saturated rings. The molecule has 1 saturated heterocycles. The zero-order chi connectivity index (χ0) is 19.0. The molecule has 2 N–H and O–H groups in total. The minimum absolute atomic E-state index is 0.00667. The van der Waals surface area contributed by atoms with Gasteiger partial charge < -0.3 is 10.3 Å². The van der Waals surface area contributed by atoms with Gasteiger partial charge in [-0.2, -0.15) is 5.10 Å². The lowest BCUT2D eigenvalue weighted by Gasteiger charge is -2.31. The van der Waals surface area contributed by atoms with E-state index in [1.54, 1.807) is 4.68 Å². The van der Waals surface area contributed by atoms with Crippen molar-refractivity contribution in [3.05, 3.63) is 41.5 Å². The minimum atomic E-state index is 0.00667. The number of aryl methyl sites for hydroxylation is 3. The van der Waals surface area contributed by atoms with E-state index >= 15 is 0 Å². The number of fused-ring (bicyclic) bond motifs is 1. The van der Waals surface area contributed by atoms with Gasteiger partial charge in [0.05, 0.1) is 29.0 Å². The highest BCUT2D eigenvalue weighted by Gasteiger charge is 2.25. The Bertz CT molecular complexity index is 972. The number of nitrogens with zero attached hydrogens (tertiary/aromatic N) is 4. The summed E-state index contributed by atoms with van der Waals surface area (Å²) in [6.07, 6.45) is 4.00. The Balaban J connectivity index is 1.42. The van der Waals surface area contributed by atoms with Crippen LogP contribution in [-0.2, 0) is 11.8 Å². The van der Waals surface area contributed by atoms with Gasteiger partial charge in [0.2, 0.25) is 5.91 Å². The van der Waals surface area contributed by atoms with Crippen LogP contribution in [0.2, 0.25) is 0 Å². The van der Waals surface area contributed by atoms with Crippen LogP contribution in [0.5, 0.6) is 0 Å². The Morgan fingerprint density at radius 3 is 2.96 bits per heavy atom. The van der Waals surface area contributed by atoms with Gasteiger partial charge in [-0.15, -0.1) is 0 Å². The van der Waals surface area contributed by atoms with Gasteiger partial charge in [0.25, 0.3) is 0 Å².